The summed E-state index contributed by atoms with van der Waals surface area (Å²) in [5.74, 6) is -1.47. The number of nitro benzene ring substituents is 1. The molecule has 10 nitrogen and oxygen atoms in total. The number of ether oxygens (including phenoxy) is 2. The van der Waals surface area contributed by atoms with Gasteiger partial charge in [0.25, 0.3) is 5.69 Å². The molecule has 2 atom stereocenters. The Morgan fingerprint density at radius 2 is 1.88 bits per heavy atom. The molecule has 1 saturated carbocycles. The molecular formula is C21H28N2O8S. The molecule has 1 aliphatic heterocycles. The second kappa shape index (κ2) is 8.68. The van der Waals surface area contributed by atoms with Gasteiger partial charge in [0, 0.05) is 24.2 Å². The number of hydrogen-bond donors (Lipinski definition) is 0. The lowest BCUT2D eigenvalue weighted by Gasteiger charge is -2.31. The van der Waals surface area contributed by atoms with Crippen molar-refractivity contribution >= 4 is 27.6 Å². The molecule has 1 heterocycles. The van der Waals surface area contributed by atoms with Crippen molar-refractivity contribution in [2.75, 3.05) is 13.2 Å². The van der Waals surface area contributed by atoms with E-state index in [1.54, 1.807) is 27.7 Å². The van der Waals surface area contributed by atoms with Crippen LogP contribution in [0.3, 0.4) is 0 Å². The van der Waals surface area contributed by atoms with Crippen molar-refractivity contribution in [2.24, 2.45) is 5.92 Å². The zero-order chi connectivity index (χ0) is 23.8. The molecule has 176 valence electrons. The molecule has 11 heteroatoms. The highest BCUT2D eigenvalue weighted by Gasteiger charge is 2.48. The van der Waals surface area contributed by atoms with E-state index in [9.17, 15) is 28.1 Å². The summed E-state index contributed by atoms with van der Waals surface area (Å²) in [7, 11) is -3.78. The van der Waals surface area contributed by atoms with Gasteiger partial charge in [-0.3, -0.25) is 14.9 Å². The third-order valence-electron chi connectivity index (χ3n) is 5.41. The first-order valence-electron chi connectivity index (χ1n) is 10.5. The molecule has 0 N–H and O–H groups in total. The van der Waals surface area contributed by atoms with Crippen LogP contribution in [-0.2, 0) is 24.1 Å². The number of sulfone groups is 1. The second-order valence-corrected chi connectivity index (χ2v) is 11.2. The van der Waals surface area contributed by atoms with Crippen LogP contribution in [0.25, 0.3) is 0 Å². The first kappa shape index (κ1) is 24.0. The minimum atomic E-state index is -3.78. The van der Waals surface area contributed by atoms with Crippen molar-refractivity contribution in [3.8, 4) is 0 Å². The van der Waals surface area contributed by atoms with Gasteiger partial charge in [-0.05, 0) is 53.0 Å². The summed E-state index contributed by atoms with van der Waals surface area (Å²) in [5.41, 5.74) is -1.10. The van der Waals surface area contributed by atoms with Gasteiger partial charge in [0.15, 0.2) is 9.84 Å². The Hall–Kier alpha value is -2.69. The monoisotopic (exact) mass is 468 g/mol. The lowest BCUT2D eigenvalue weighted by molar-refractivity contribution is -0.385. The number of esters is 1. The van der Waals surface area contributed by atoms with Crippen molar-refractivity contribution in [3.63, 3.8) is 0 Å². The number of nitro groups is 1. The fourth-order valence-electron chi connectivity index (χ4n) is 3.90. The summed E-state index contributed by atoms with van der Waals surface area (Å²) in [6, 6.07) is 2.42. The SMILES string of the molecule is CCOC(=O)[C@H]1CCN(C(=O)OC(C)(C)C)C1c1cc([N+](=O)[O-])ccc1S(=O)(=O)C1CC1. The van der Waals surface area contributed by atoms with Gasteiger partial charge >= 0.3 is 12.1 Å². The maximum Gasteiger partial charge on any atom is 0.410 e. The summed E-state index contributed by atoms with van der Waals surface area (Å²) < 4.78 is 36.9. The van der Waals surface area contributed by atoms with E-state index in [1.165, 1.54) is 11.0 Å². The lowest BCUT2D eigenvalue weighted by atomic mass is 9.93. The Bertz CT molecular complexity index is 1030. The number of amides is 1. The summed E-state index contributed by atoms with van der Waals surface area (Å²) >= 11 is 0. The number of carbonyl (C=O) groups is 2. The van der Waals surface area contributed by atoms with Gasteiger partial charge in [-0.2, -0.15) is 0 Å². The fraction of sp³-hybridized carbons (Fsp3) is 0.619. The fourth-order valence-corrected chi connectivity index (χ4v) is 5.78. The zero-order valence-corrected chi connectivity index (χ0v) is 19.4. The molecule has 1 saturated heterocycles. The molecule has 2 aliphatic rings. The number of non-ortho nitro benzene ring substituents is 1. The zero-order valence-electron chi connectivity index (χ0n) is 18.6. The maximum absolute atomic E-state index is 13.1. The quantitative estimate of drug-likeness (QED) is 0.352. The highest BCUT2D eigenvalue weighted by atomic mass is 32.2. The van der Waals surface area contributed by atoms with Crippen LogP contribution in [0.15, 0.2) is 23.1 Å². The van der Waals surface area contributed by atoms with Crippen LogP contribution >= 0.6 is 0 Å². The van der Waals surface area contributed by atoms with E-state index in [1.807, 2.05) is 0 Å². The van der Waals surface area contributed by atoms with Crippen molar-refractivity contribution in [1.29, 1.82) is 0 Å². The summed E-state index contributed by atoms with van der Waals surface area (Å²) in [6.45, 7) is 6.94. The van der Waals surface area contributed by atoms with E-state index in [4.69, 9.17) is 9.47 Å². The summed E-state index contributed by atoms with van der Waals surface area (Å²) in [5, 5.41) is 10.9. The molecule has 1 aromatic carbocycles. The minimum Gasteiger partial charge on any atom is -0.466 e. The molecule has 3 rings (SSSR count). The second-order valence-electron chi connectivity index (χ2n) is 8.99. The normalized spacial score (nSPS) is 21.3. The van der Waals surface area contributed by atoms with Crippen molar-refractivity contribution in [1.82, 2.24) is 4.90 Å². The van der Waals surface area contributed by atoms with Gasteiger partial charge in [0.05, 0.1) is 33.6 Å². The van der Waals surface area contributed by atoms with Gasteiger partial charge < -0.3 is 14.4 Å². The van der Waals surface area contributed by atoms with Crippen LogP contribution in [0.1, 0.15) is 58.6 Å². The first-order chi connectivity index (χ1) is 14.9. The van der Waals surface area contributed by atoms with Gasteiger partial charge in [-0.25, -0.2) is 13.2 Å². The average Bonchev–Trinajstić information content (AvgIpc) is 3.45. The number of likely N-dealkylation sites (tertiary alicyclic amines) is 1. The third kappa shape index (κ3) is 4.87. The predicted octanol–water partition coefficient (Wildman–Crippen LogP) is 3.39. The molecule has 2 fully saturated rings. The summed E-state index contributed by atoms with van der Waals surface area (Å²) in [4.78, 5) is 37.7. The Labute approximate surface area is 186 Å². The van der Waals surface area contributed by atoms with Crippen LogP contribution < -0.4 is 0 Å². The van der Waals surface area contributed by atoms with E-state index in [0.717, 1.165) is 12.1 Å². The van der Waals surface area contributed by atoms with Crippen LogP contribution in [-0.4, -0.2) is 54.3 Å². The van der Waals surface area contributed by atoms with Crippen molar-refractivity contribution in [3.05, 3.63) is 33.9 Å². The van der Waals surface area contributed by atoms with Crippen molar-refractivity contribution in [2.45, 2.75) is 68.7 Å². The molecule has 0 spiro atoms. The topological polar surface area (TPSA) is 133 Å². The Morgan fingerprint density at radius 3 is 2.41 bits per heavy atom. The lowest BCUT2D eigenvalue weighted by Crippen LogP contribution is -2.39. The van der Waals surface area contributed by atoms with Crippen LogP contribution in [0.2, 0.25) is 0 Å². The maximum atomic E-state index is 13.1. The van der Waals surface area contributed by atoms with Gasteiger partial charge in [-0.15, -0.1) is 0 Å². The highest BCUT2D eigenvalue weighted by molar-refractivity contribution is 7.92. The molecule has 32 heavy (non-hydrogen) atoms. The largest absolute Gasteiger partial charge is 0.466 e. The molecule has 1 aromatic rings. The molecule has 1 amide bonds. The number of hydrogen-bond acceptors (Lipinski definition) is 8. The number of nitrogens with zero attached hydrogens (tertiary/aromatic N) is 2. The Morgan fingerprint density at radius 1 is 1.22 bits per heavy atom. The smallest absolute Gasteiger partial charge is 0.410 e. The number of benzene rings is 1. The van der Waals surface area contributed by atoms with E-state index in [0.29, 0.717) is 12.8 Å². The predicted molar refractivity (Wildman–Crippen MR) is 114 cm³/mol. The van der Waals surface area contributed by atoms with Gasteiger partial charge in [-0.1, -0.05) is 0 Å². The molecule has 0 aromatic heterocycles. The van der Waals surface area contributed by atoms with Gasteiger partial charge in [0.2, 0.25) is 0 Å². The van der Waals surface area contributed by atoms with Crippen LogP contribution in [0.4, 0.5) is 10.5 Å². The average molecular weight is 469 g/mol. The van der Waals surface area contributed by atoms with Crippen molar-refractivity contribution < 1.29 is 32.4 Å². The van der Waals surface area contributed by atoms with E-state index in [2.05, 4.69) is 0 Å². The van der Waals surface area contributed by atoms with E-state index >= 15 is 0 Å². The number of rotatable bonds is 6. The molecule has 1 aliphatic carbocycles. The molecule has 1 unspecified atom stereocenters. The minimum absolute atomic E-state index is 0.0486. The third-order valence-corrected chi connectivity index (χ3v) is 7.74. The Balaban J connectivity index is 2.16. The van der Waals surface area contributed by atoms with Crippen LogP contribution in [0, 0.1) is 16.0 Å². The van der Waals surface area contributed by atoms with Gasteiger partial charge in [0.1, 0.15) is 5.60 Å². The number of carbonyl (C=O) groups excluding carboxylic acids is 2. The standard InChI is InChI=1S/C21H28N2O8S/c1-5-30-19(24)15-10-11-22(20(25)31-21(2,3)4)18(15)16-12-13(23(26)27)6-9-17(16)32(28,29)14-7-8-14/h6,9,12,14-15,18H,5,7-8,10-11H2,1-4H3/t15-,18?/m0/s1. The molecule has 0 bridgehead atoms. The Kier molecular flexibility index (Phi) is 6.50. The summed E-state index contributed by atoms with van der Waals surface area (Å²) in [6.07, 6.45) is 0.491. The first-order valence-corrected chi connectivity index (χ1v) is 12.1. The molecule has 0 radical (unpaired) electrons. The van der Waals surface area contributed by atoms with Crippen LogP contribution in [0.5, 0.6) is 0 Å². The highest BCUT2D eigenvalue weighted by Crippen LogP contribution is 2.45. The van der Waals surface area contributed by atoms with E-state index in [-0.39, 0.29) is 35.7 Å². The molecular weight excluding hydrogens is 440 g/mol. The van der Waals surface area contributed by atoms with E-state index < -0.39 is 49.6 Å².